The number of nitriles is 1. The normalized spacial score (nSPS) is 32.4. The summed E-state index contributed by atoms with van der Waals surface area (Å²) in [5, 5.41) is 11.7. The van der Waals surface area contributed by atoms with E-state index in [1.54, 1.807) is 4.90 Å². The van der Waals surface area contributed by atoms with Crippen LogP contribution in [-0.4, -0.2) is 43.8 Å². The van der Waals surface area contributed by atoms with E-state index in [1.165, 1.54) is 6.07 Å². The first-order valence-corrected chi connectivity index (χ1v) is 5.40. The largest absolute Gasteiger partial charge is 0.405 e. The number of hydrogen-bond acceptors (Lipinski definition) is 3. The van der Waals surface area contributed by atoms with Crippen molar-refractivity contribution < 1.29 is 13.2 Å². The van der Waals surface area contributed by atoms with Crippen molar-refractivity contribution in [1.29, 1.82) is 5.26 Å². The minimum atomic E-state index is -4.40. The first-order chi connectivity index (χ1) is 7.50. The maximum absolute atomic E-state index is 12.4. The summed E-state index contributed by atoms with van der Waals surface area (Å²) in [5.74, 6) is -0.917. The molecule has 0 aromatic heterocycles. The summed E-state index contributed by atoms with van der Waals surface area (Å²) in [6, 6.07) is 1.35. The fourth-order valence-corrected chi connectivity index (χ4v) is 2.58. The molecule has 1 N–H and O–H groups in total. The molecule has 2 fully saturated rings. The van der Waals surface area contributed by atoms with E-state index in [4.69, 9.17) is 5.26 Å². The Hall–Kier alpha value is -0.800. The van der Waals surface area contributed by atoms with Crippen molar-refractivity contribution in [3.05, 3.63) is 0 Å². The van der Waals surface area contributed by atoms with Gasteiger partial charge in [-0.1, -0.05) is 0 Å². The number of fused-ring (bicyclic) bond motifs is 1. The van der Waals surface area contributed by atoms with Gasteiger partial charge >= 0.3 is 6.18 Å². The van der Waals surface area contributed by atoms with Crippen LogP contribution in [0.15, 0.2) is 0 Å². The van der Waals surface area contributed by atoms with E-state index in [0.29, 0.717) is 24.9 Å². The molecule has 1 unspecified atom stereocenters. The highest BCUT2D eigenvalue weighted by atomic mass is 19.4. The molecule has 0 saturated carbocycles. The molecule has 0 amide bonds. The molecule has 3 nitrogen and oxygen atoms in total. The summed E-state index contributed by atoms with van der Waals surface area (Å²) >= 11 is 0. The molecule has 16 heavy (non-hydrogen) atoms. The molecule has 2 rings (SSSR count). The average Bonchev–Trinajstić information content (AvgIpc) is 2.71. The minimum Gasteiger partial charge on any atom is -0.316 e. The second-order valence-electron chi connectivity index (χ2n) is 4.62. The van der Waals surface area contributed by atoms with Gasteiger partial charge in [-0.25, -0.2) is 0 Å². The third kappa shape index (κ3) is 2.30. The molecular weight excluding hydrogens is 219 g/mol. The molecule has 0 bridgehead atoms. The molecule has 0 spiro atoms. The van der Waals surface area contributed by atoms with Gasteiger partial charge in [-0.2, -0.15) is 18.4 Å². The molecule has 2 aliphatic rings. The van der Waals surface area contributed by atoms with Crippen LogP contribution < -0.4 is 5.32 Å². The van der Waals surface area contributed by atoms with E-state index in [0.717, 1.165) is 13.1 Å². The fraction of sp³-hybridized carbons (Fsp3) is 0.900. The van der Waals surface area contributed by atoms with Crippen LogP contribution in [0.1, 0.15) is 0 Å². The topological polar surface area (TPSA) is 39.1 Å². The molecule has 2 heterocycles. The summed E-state index contributed by atoms with van der Waals surface area (Å²) in [4.78, 5) is 1.78. The highest BCUT2D eigenvalue weighted by Gasteiger charge is 2.44. The quantitative estimate of drug-likeness (QED) is 0.768. The van der Waals surface area contributed by atoms with Gasteiger partial charge in [0.2, 0.25) is 0 Å². The van der Waals surface area contributed by atoms with Gasteiger partial charge in [0, 0.05) is 19.6 Å². The van der Waals surface area contributed by atoms with Crippen molar-refractivity contribution in [2.24, 2.45) is 17.8 Å². The van der Waals surface area contributed by atoms with Gasteiger partial charge in [0.05, 0.1) is 6.07 Å². The second kappa shape index (κ2) is 4.22. The zero-order valence-corrected chi connectivity index (χ0v) is 8.80. The molecule has 6 heteroatoms. The molecule has 90 valence electrons. The van der Waals surface area contributed by atoms with Crippen LogP contribution >= 0.6 is 0 Å². The fourth-order valence-electron chi connectivity index (χ4n) is 2.58. The molecular formula is C10H14F3N3. The van der Waals surface area contributed by atoms with Crippen molar-refractivity contribution in [3.8, 4) is 6.07 Å². The Balaban J connectivity index is 1.89. The maximum atomic E-state index is 12.4. The van der Waals surface area contributed by atoms with Gasteiger partial charge in [-0.15, -0.1) is 0 Å². The van der Waals surface area contributed by atoms with Crippen molar-refractivity contribution in [2.75, 3.05) is 32.7 Å². The number of halogens is 3. The number of hydrogen-bond donors (Lipinski definition) is 1. The van der Waals surface area contributed by atoms with Gasteiger partial charge in [0.25, 0.3) is 0 Å². The van der Waals surface area contributed by atoms with Gasteiger partial charge in [0.1, 0.15) is 0 Å². The van der Waals surface area contributed by atoms with Crippen LogP contribution in [-0.2, 0) is 0 Å². The van der Waals surface area contributed by atoms with Crippen LogP contribution in [0.4, 0.5) is 13.2 Å². The number of likely N-dealkylation sites (tertiary alicyclic amines) is 1. The predicted octanol–water partition coefficient (Wildman–Crippen LogP) is 0.840. The number of alkyl halides is 3. The smallest absolute Gasteiger partial charge is 0.316 e. The molecule has 0 aliphatic carbocycles. The van der Waals surface area contributed by atoms with E-state index < -0.39 is 12.1 Å². The Labute approximate surface area is 92.2 Å². The summed E-state index contributed by atoms with van der Waals surface area (Å²) in [6.07, 6.45) is -4.40. The summed E-state index contributed by atoms with van der Waals surface area (Å²) in [5.41, 5.74) is 0. The highest BCUT2D eigenvalue weighted by Crippen LogP contribution is 2.31. The molecule has 2 saturated heterocycles. The van der Waals surface area contributed by atoms with Gasteiger partial charge in [0.15, 0.2) is 5.92 Å². The van der Waals surface area contributed by atoms with Gasteiger partial charge < -0.3 is 10.2 Å². The third-order valence-electron chi connectivity index (χ3n) is 3.46. The minimum absolute atomic E-state index is 0.174. The second-order valence-corrected chi connectivity index (χ2v) is 4.62. The summed E-state index contributed by atoms with van der Waals surface area (Å²) < 4.78 is 37.2. The Morgan fingerprint density at radius 1 is 1.31 bits per heavy atom. The molecule has 0 radical (unpaired) electrons. The average molecular weight is 233 g/mol. The molecule has 3 atom stereocenters. The number of nitrogens with zero attached hydrogens (tertiary/aromatic N) is 2. The molecule has 0 aromatic rings. The Morgan fingerprint density at radius 3 is 2.31 bits per heavy atom. The molecule has 0 aromatic carbocycles. The first-order valence-electron chi connectivity index (χ1n) is 5.40. The zero-order valence-electron chi connectivity index (χ0n) is 8.80. The lowest BCUT2D eigenvalue weighted by Gasteiger charge is -2.21. The van der Waals surface area contributed by atoms with Crippen molar-refractivity contribution >= 4 is 0 Å². The van der Waals surface area contributed by atoms with Crippen LogP contribution in [0.3, 0.4) is 0 Å². The van der Waals surface area contributed by atoms with Gasteiger partial charge in [-0.05, 0) is 24.9 Å². The van der Waals surface area contributed by atoms with Gasteiger partial charge in [-0.3, -0.25) is 0 Å². The maximum Gasteiger partial charge on any atom is 0.405 e. The lowest BCUT2D eigenvalue weighted by atomic mass is 10.0. The van der Waals surface area contributed by atoms with Crippen LogP contribution in [0.5, 0.6) is 0 Å². The molecule has 2 aliphatic heterocycles. The van der Waals surface area contributed by atoms with Crippen molar-refractivity contribution in [1.82, 2.24) is 10.2 Å². The number of rotatable bonds is 2. The number of nitrogens with one attached hydrogen (secondary N) is 1. The monoisotopic (exact) mass is 233 g/mol. The zero-order chi connectivity index (χ0) is 11.8. The Kier molecular flexibility index (Phi) is 3.08. The SMILES string of the molecule is N#CC(CN1C[C@H]2CNC[C@H]2C1)C(F)(F)F. The predicted molar refractivity (Wildman–Crippen MR) is 51.4 cm³/mol. The van der Waals surface area contributed by atoms with Crippen LogP contribution in [0, 0.1) is 29.1 Å². The van der Waals surface area contributed by atoms with Crippen LogP contribution in [0.2, 0.25) is 0 Å². The van der Waals surface area contributed by atoms with E-state index in [9.17, 15) is 13.2 Å². The lowest BCUT2D eigenvalue weighted by Crippen LogP contribution is -2.36. The highest BCUT2D eigenvalue weighted by molar-refractivity contribution is 4.96. The van der Waals surface area contributed by atoms with Crippen molar-refractivity contribution in [3.63, 3.8) is 0 Å². The summed E-state index contributed by atoms with van der Waals surface area (Å²) in [6.45, 7) is 2.99. The van der Waals surface area contributed by atoms with E-state index in [2.05, 4.69) is 5.32 Å². The van der Waals surface area contributed by atoms with E-state index in [-0.39, 0.29) is 6.54 Å². The van der Waals surface area contributed by atoms with Crippen molar-refractivity contribution in [2.45, 2.75) is 6.18 Å². The summed E-state index contributed by atoms with van der Waals surface area (Å²) in [7, 11) is 0. The van der Waals surface area contributed by atoms with E-state index in [1.807, 2.05) is 0 Å². The Morgan fingerprint density at radius 2 is 1.88 bits per heavy atom. The third-order valence-corrected chi connectivity index (χ3v) is 3.46. The van der Waals surface area contributed by atoms with Crippen LogP contribution in [0.25, 0.3) is 0 Å². The Bertz CT molecular complexity index is 285. The lowest BCUT2D eigenvalue weighted by molar-refractivity contribution is -0.162. The first kappa shape index (κ1) is 11.7. The van der Waals surface area contributed by atoms with E-state index >= 15 is 0 Å². The standard InChI is InChI=1S/C10H14F3N3/c11-10(12,13)9(1-14)6-16-4-7-2-15-3-8(7)5-16/h7-9,15H,2-6H2/t7-,8+,9?.